The second-order valence-corrected chi connectivity index (χ2v) is 4.23. The normalized spacial score (nSPS) is 10.8. The first-order valence-corrected chi connectivity index (χ1v) is 6.14. The smallest absolute Gasteiger partial charge is 0.344 e. The fourth-order valence-electron chi connectivity index (χ4n) is 1.26. The summed E-state index contributed by atoms with van der Waals surface area (Å²) in [6, 6.07) is 10.1. The summed E-state index contributed by atoms with van der Waals surface area (Å²) in [6.45, 7) is 1.95. The van der Waals surface area contributed by atoms with Crippen LogP contribution in [0, 0.1) is 17.2 Å². The highest BCUT2D eigenvalue weighted by atomic mass is 35.7. The van der Waals surface area contributed by atoms with E-state index >= 15 is 0 Å². The molecule has 0 radical (unpaired) electrons. The van der Waals surface area contributed by atoms with Crippen molar-refractivity contribution in [2.45, 2.75) is 6.92 Å². The number of nitrogens with zero attached hydrogens (tertiary/aromatic N) is 1. The molecule has 0 unspecified atom stereocenters. The number of halogens is 1. The van der Waals surface area contributed by atoms with Crippen molar-refractivity contribution >= 4 is 0 Å². The van der Waals surface area contributed by atoms with E-state index in [1.54, 1.807) is 0 Å². The lowest BCUT2D eigenvalue weighted by atomic mass is 10.2. The van der Waals surface area contributed by atoms with Gasteiger partial charge < -0.3 is 4.42 Å². The second kappa shape index (κ2) is 5.94. The van der Waals surface area contributed by atoms with Crippen molar-refractivity contribution in [3.63, 3.8) is 0 Å². The molecule has 0 atom stereocenters. The number of aryl methyl sites for hydroxylation is 2. The molecule has 0 spiro atoms. The second-order valence-electron chi connectivity index (χ2n) is 3.47. The van der Waals surface area contributed by atoms with Gasteiger partial charge in [-0.3, -0.25) is 0 Å². The van der Waals surface area contributed by atoms with E-state index < -0.39 is 10.2 Å². The molecule has 0 saturated carbocycles. The van der Waals surface area contributed by atoms with E-state index in [1.807, 2.05) is 55.1 Å². The zero-order valence-electron chi connectivity index (χ0n) is 9.83. The Bertz CT molecular complexity index is 466. The zero-order valence-corrected chi connectivity index (χ0v) is 10.6. The molecule has 0 bridgehead atoms. The third kappa shape index (κ3) is 5.26. The van der Waals surface area contributed by atoms with E-state index in [-0.39, 0.29) is 0 Å². The number of hydrogen-bond acceptors (Lipinski definition) is 5. The lowest BCUT2D eigenvalue weighted by Crippen LogP contribution is -2.68. The van der Waals surface area contributed by atoms with Crippen LogP contribution in [-0.2, 0) is 7.05 Å². The zero-order chi connectivity index (χ0) is 13.8. The van der Waals surface area contributed by atoms with Crippen molar-refractivity contribution < 1.29 is 37.9 Å². The summed E-state index contributed by atoms with van der Waals surface area (Å²) in [7, 11) is -2.97. The Labute approximate surface area is 106 Å². The van der Waals surface area contributed by atoms with Crippen LogP contribution in [0.5, 0.6) is 0 Å². The molecule has 0 aliphatic carbocycles. The quantitative estimate of drug-likeness (QED) is 0.526. The van der Waals surface area contributed by atoms with E-state index in [2.05, 4.69) is 0 Å². The van der Waals surface area contributed by atoms with Crippen LogP contribution >= 0.6 is 0 Å². The third-order valence-corrected chi connectivity index (χ3v) is 2.12. The average Bonchev–Trinajstić information content (AvgIpc) is 2.58. The number of hydrogen-bond donors (Lipinski definition) is 0. The van der Waals surface area contributed by atoms with Crippen molar-refractivity contribution in [1.82, 2.24) is 0 Å². The van der Waals surface area contributed by atoms with E-state index in [0.717, 1.165) is 17.2 Å². The predicted octanol–water partition coefficient (Wildman–Crippen LogP) is -2.68. The van der Waals surface area contributed by atoms with E-state index in [4.69, 9.17) is 23.1 Å². The summed E-state index contributed by atoms with van der Waals surface area (Å²) in [5.41, 5.74) is 1.12. The Hall–Kier alpha value is -1.44. The topological polar surface area (TPSA) is 109 Å². The van der Waals surface area contributed by atoms with Crippen LogP contribution in [0.2, 0.25) is 0 Å². The molecule has 7 heteroatoms. The Balaban J connectivity index is 0.000000280. The van der Waals surface area contributed by atoms with Gasteiger partial charge >= 0.3 is 5.89 Å². The molecule has 2 rings (SSSR count). The van der Waals surface area contributed by atoms with Crippen LogP contribution in [0.15, 0.2) is 40.9 Å². The van der Waals surface area contributed by atoms with E-state index in [9.17, 15) is 0 Å². The number of oxazole rings is 1. The lowest BCUT2D eigenvalue weighted by molar-refractivity contribution is -2.00. The lowest BCUT2D eigenvalue weighted by Gasteiger charge is -2.17. The molecular weight excluding hydrogens is 262 g/mol. The summed E-state index contributed by atoms with van der Waals surface area (Å²) < 4.78 is 41.5. The van der Waals surface area contributed by atoms with Crippen LogP contribution in [0.4, 0.5) is 0 Å². The highest BCUT2D eigenvalue weighted by Crippen LogP contribution is 2.17. The minimum absolute atomic E-state index is 0.916. The Morgan fingerprint density at radius 3 is 1.94 bits per heavy atom. The van der Waals surface area contributed by atoms with Gasteiger partial charge in [0.15, 0.2) is 0 Å². The molecule has 0 aliphatic heterocycles. The highest BCUT2D eigenvalue weighted by Gasteiger charge is 2.11. The summed E-state index contributed by atoms with van der Waals surface area (Å²) in [5.74, 6) is 1.83. The molecule has 0 amide bonds. The minimum atomic E-state index is -4.94. The van der Waals surface area contributed by atoms with Crippen LogP contribution < -0.4 is 23.2 Å². The molecule has 0 saturated heterocycles. The Kier molecular flexibility index (Phi) is 4.83. The van der Waals surface area contributed by atoms with Crippen LogP contribution in [0.1, 0.15) is 5.89 Å². The third-order valence-electron chi connectivity index (χ3n) is 2.12. The van der Waals surface area contributed by atoms with Gasteiger partial charge in [0.05, 0.1) is 6.92 Å². The van der Waals surface area contributed by atoms with Gasteiger partial charge in [-0.15, -0.1) is 10.2 Å². The molecule has 2 aromatic rings. The van der Waals surface area contributed by atoms with Gasteiger partial charge in [-0.05, 0) is 0 Å². The van der Waals surface area contributed by atoms with Crippen molar-refractivity contribution in [3.8, 4) is 11.3 Å². The molecule has 1 aromatic carbocycles. The Morgan fingerprint density at radius 1 is 1.06 bits per heavy atom. The largest absolute Gasteiger partial charge is 0.402 e. The standard InChI is InChI=1S/C11H12NO.ClHO4/c1-9-12(2)8-11(13-9)10-6-4-3-5-7-10;2-1(3,4)5/h3-8H,1-2H3;(H,2,3,4,5)/q+1;/p-1. The van der Waals surface area contributed by atoms with Gasteiger partial charge in [-0.1, -0.05) is 30.3 Å². The van der Waals surface area contributed by atoms with Gasteiger partial charge in [0.25, 0.3) is 0 Å². The maximum absolute atomic E-state index is 8.49. The Morgan fingerprint density at radius 2 is 1.56 bits per heavy atom. The van der Waals surface area contributed by atoms with Crippen LogP contribution in [-0.4, -0.2) is 0 Å². The van der Waals surface area contributed by atoms with Gasteiger partial charge in [0, 0.05) is 5.56 Å². The fraction of sp³-hybridized carbons (Fsp3) is 0.182. The monoisotopic (exact) mass is 273 g/mol. The molecular formula is C11H12ClNO5. The van der Waals surface area contributed by atoms with Crippen molar-refractivity contribution in [2.24, 2.45) is 7.05 Å². The number of aromatic nitrogens is 1. The molecule has 1 aromatic heterocycles. The maximum Gasteiger partial charge on any atom is 0.344 e. The van der Waals surface area contributed by atoms with Gasteiger partial charge in [0.1, 0.15) is 7.05 Å². The number of benzene rings is 1. The summed E-state index contributed by atoms with van der Waals surface area (Å²) in [4.78, 5) is 0. The van der Waals surface area contributed by atoms with Crippen LogP contribution in [0.25, 0.3) is 11.3 Å². The molecule has 1 heterocycles. The predicted molar refractivity (Wildman–Crippen MR) is 50.1 cm³/mol. The number of rotatable bonds is 1. The highest BCUT2D eigenvalue weighted by molar-refractivity contribution is 5.54. The van der Waals surface area contributed by atoms with Crippen molar-refractivity contribution in [3.05, 3.63) is 42.4 Å². The molecule has 6 nitrogen and oxygen atoms in total. The molecule has 18 heavy (non-hydrogen) atoms. The average molecular weight is 274 g/mol. The first-order valence-electron chi connectivity index (χ1n) is 4.90. The van der Waals surface area contributed by atoms with Crippen molar-refractivity contribution in [1.29, 1.82) is 0 Å². The summed E-state index contributed by atoms with van der Waals surface area (Å²) in [5, 5.41) is 0. The molecule has 0 fully saturated rings. The van der Waals surface area contributed by atoms with E-state index in [0.29, 0.717) is 0 Å². The minimum Gasteiger partial charge on any atom is -0.402 e. The summed E-state index contributed by atoms with van der Waals surface area (Å²) >= 11 is 0. The molecule has 98 valence electrons. The SMILES string of the molecule is Cc1oc(-c2ccccc2)c[n+]1C.[O-][Cl+3]([O-])([O-])[O-]. The van der Waals surface area contributed by atoms with Crippen molar-refractivity contribution in [2.75, 3.05) is 0 Å². The van der Waals surface area contributed by atoms with Gasteiger partial charge in [0.2, 0.25) is 12.0 Å². The van der Waals surface area contributed by atoms with Crippen LogP contribution in [0.3, 0.4) is 0 Å². The first-order chi connectivity index (χ1) is 8.27. The van der Waals surface area contributed by atoms with E-state index in [1.165, 1.54) is 0 Å². The molecule has 0 N–H and O–H groups in total. The van der Waals surface area contributed by atoms with Gasteiger partial charge in [-0.25, -0.2) is 18.6 Å². The van der Waals surface area contributed by atoms with Gasteiger partial charge in [-0.2, -0.15) is 4.57 Å². The fourth-order valence-corrected chi connectivity index (χ4v) is 1.26. The summed E-state index contributed by atoms with van der Waals surface area (Å²) in [6.07, 6.45) is 1.99. The maximum atomic E-state index is 8.49. The molecule has 0 aliphatic rings. The first kappa shape index (κ1) is 14.6.